The van der Waals surface area contributed by atoms with E-state index in [0.717, 1.165) is 5.56 Å². The van der Waals surface area contributed by atoms with E-state index in [1.807, 2.05) is 18.2 Å². The molecule has 32 heavy (non-hydrogen) atoms. The lowest BCUT2D eigenvalue weighted by Crippen LogP contribution is -2.29. The molecule has 164 valence electrons. The van der Waals surface area contributed by atoms with Crippen molar-refractivity contribution in [1.82, 2.24) is 5.32 Å². The monoisotopic (exact) mass is 450 g/mol. The van der Waals surface area contributed by atoms with E-state index >= 15 is 0 Å². The van der Waals surface area contributed by atoms with Gasteiger partial charge >= 0.3 is 6.03 Å². The number of carbonyl (C=O) groups excluding carboxylic acids is 3. The van der Waals surface area contributed by atoms with E-state index in [2.05, 4.69) is 21.3 Å². The third-order valence-corrected chi connectivity index (χ3v) is 4.75. The molecule has 0 saturated heterocycles. The molecule has 3 aromatic rings. The number of amides is 4. The van der Waals surface area contributed by atoms with Crippen molar-refractivity contribution in [2.45, 2.75) is 19.4 Å². The summed E-state index contributed by atoms with van der Waals surface area (Å²) in [6, 6.07) is 22.0. The van der Waals surface area contributed by atoms with Crippen LogP contribution in [0.4, 0.5) is 21.9 Å². The Hall–Kier alpha value is -3.84. The first-order chi connectivity index (χ1) is 15.4. The lowest BCUT2D eigenvalue weighted by Gasteiger charge is -2.18. The van der Waals surface area contributed by atoms with E-state index < -0.39 is 6.04 Å². The molecule has 0 aromatic heterocycles. The predicted molar refractivity (Wildman–Crippen MR) is 127 cm³/mol. The summed E-state index contributed by atoms with van der Waals surface area (Å²) in [4.78, 5) is 36.2. The van der Waals surface area contributed by atoms with E-state index in [1.54, 1.807) is 60.7 Å². The van der Waals surface area contributed by atoms with Crippen LogP contribution in [0.1, 0.15) is 24.9 Å². The molecular weight excluding hydrogens is 428 g/mol. The molecular formula is C24H23ClN4O3. The second kappa shape index (κ2) is 11.0. The summed E-state index contributed by atoms with van der Waals surface area (Å²) >= 11 is 5.92. The Kier molecular flexibility index (Phi) is 7.83. The minimum Gasteiger partial charge on any atom is -0.349 e. The third kappa shape index (κ3) is 7.14. The highest BCUT2D eigenvalue weighted by Gasteiger charge is 2.17. The number of para-hydroxylation sites is 1. The Bertz CT molecular complexity index is 1070. The van der Waals surface area contributed by atoms with Gasteiger partial charge in [-0.25, -0.2) is 4.79 Å². The molecule has 0 spiro atoms. The molecule has 0 aliphatic heterocycles. The summed E-state index contributed by atoms with van der Waals surface area (Å²) < 4.78 is 0. The number of anilines is 3. The number of hydrogen-bond acceptors (Lipinski definition) is 3. The average Bonchev–Trinajstić information content (AvgIpc) is 2.75. The van der Waals surface area contributed by atoms with Crippen molar-refractivity contribution in [2.24, 2.45) is 0 Å². The summed E-state index contributed by atoms with van der Waals surface area (Å²) in [5.41, 5.74) is 2.61. The molecule has 3 aromatic carbocycles. The zero-order chi connectivity index (χ0) is 22.9. The summed E-state index contributed by atoms with van der Waals surface area (Å²) in [5, 5.41) is 11.6. The molecule has 0 saturated carbocycles. The Labute approximate surface area is 191 Å². The van der Waals surface area contributed by atoms with Crippen LogP contribution < -0.4 is 21.3 Å². The number of benzene rings is 3. The molecule has 0 aliphatic rings. The van der Waals surface area contributed by atoms with Gasteiger partial charge in [0, 0.05) is 29.0 Å². The lowest BCUT2D eigenvalue weighted by molar-refractivity contribution is -0.120. The van der Waals surface area contributed by atoms with Gasteiger partial charge < -0.3 is 21.3 Å². The van der Waals surface area contributed by atoms with Crippen LogP contribution in [0.15, 0.2) is 78.9 Å². The van der Waals surface area contributed by atoms with Crippen molar-refractivity contribution in [2.75, 3.05) is 16.0 Å². The fourth-order valence-electron chi connectivity index (χ4n) is 3.04. The largest absolute Gasteiger partial charge is 0.349 e. The predicted octanol–water partition coefficient (Wildman–Crippen LogP) is 5.19. The Morgan fingerprint density at radius 2 is 1.28 bits per heavy atom. The maximum atomic E-state index is 12.5. The Morgan fingerprint density at radius 3 is 1.84 bits per heavy atom. The van der Waals surface area contributed by atoms with Crippen LogP contribution in [0.5, 0.6) is 0 Å². The van der Waals surface area contributed by atoms with Gasteiger partial charge in [0.1, 0.15) is 0 Å². The van der Waals surface area contributed by atoms with Gasteiger partial charge in [-0.3, -0.25) is 9.59 Å². The summed E-state index contributed by atoms with van der Waals surface area (Å²) in [6.07, 6.45) is 0.0562. The van der Waals surface area contributed by atoms with E-state index in [9.17, 15) is 14.4 Å². The topological polar surface area (TPSA) is 99.3 Å². The molecule has 7 nitrogen and oxygen atoms in total. The SMILES string of the molecule is CC(=O)NC(CC(=O)Nc1ccc(NC(=O)Nc2ccccc2)cc1)c1ccc(Cl)cc1. The van der Waals surface area contributed by atoms with Crippen molar-refractivity contribution in [3.63, 3.8) is 0 Å². The van der Waals surface area contributed by atoms with E-state index in [1.165, 1.54) is 6.92 Å². The van der Waals surface area contributed by atoms with Crippen molar-refractivity contribution >= 4 is 46.5 Å². The van der Waals surface area contributed by atoms with E-state index in [0.29, 0.717) is 22.1 Å². The van der Waals surface area contributed by atoms with E-state index in [-0.39, 0.29) is 24.3 Å². The third-order valence-electron chi connectivity index (χ3n) is 4.50. The van der Waals surface area contributed by atoms with Crippen LogP contribution in [0, 0.1) is 0 Å². The number of halogens is 1. The Morgan fingerprint density at radius 1 is 0.750 bits per heavy atom. The van der Waals surface area contributed by atoms with Crippen LogP contribution in [0.2, 0.25) is 5.02 Å². The van der Waals surface area contributed by atoms with Crippen molar-refractivity contribution in [3.05, 3.63) is 89.4 Å². The average molecular weight is 451 g/mol. The fourth-order valence-corrected chi connectivity index (χ4v) is 3.17. The van der Waals surface area contributed by atoms with Crippen LogP contribution in [-0.2, 0) is 9.59 Å². The number of urea groups is 1. The van der Waals surface area contributed by atoms with Crippen molar-refractivity contribution in [1.29, 1.82) is 0 Å². The summed E-state index contributed by atoms with van der Waals surface area (Å²) in [5.74, 6) is -0.497. The second-order valence-corrected chi connectivity index (χ2v) is 7.52. The first-order valence-corrected chi connectivity index (χ1v) is 10.3. The standard InChI is InChI=1S/C24H23ClN4O3/c1-16(30)26-22(17-7-9-18(25)10-8-17)15-23(31)27-20-11-13-21(14-12-20)29-24(32)28-19-5-3-2-4-6-19/h2-14,22H,15H2,1H3,(H,26,30)(H,27,31)(H2,28,29,32). The highest BCUT2D eigenvalue weighted by Crippen LogP contribution is 2.21. The molecule has 0 heterocycles. The normalized spacial score (nSPS) is 11.2. The first-order valence-electron chi connectivity index (χ1n) is 9.94. The molecule has 0 radical (unpaired) electrons. The van der Waals surface area contributed by atoms with Crippen LogP contribution in [0.25, 0.3) is 0 Å². The van der Waals surface area contributed by atoms with Gasteiger partial charge in [-0.2, -0.15) is 0 Å². The van der Waals surface area contributed by atoms with Gasteiger partial charge in [0.05, 0.1) is 12.5 Å². The number of carbonyl (C=O) groups is 3. The quantitative estimate of drug-likeness (QED) is 0.398. The first kappa shape index (κ1) is 22.8. The van der Waals surface area contributed by atoms with Gasteiger partial charge in [-0.05, 0) is 54.1 Å². The molecule has 1 atom stereocenters. The number of rotatable bonds is 7. The van der Waals surface area contributed by atoms with Crippen molar-refractivity contribution < 1.29 is 14.4 Å². The van der Waals surface area contributed by atoms with Crippen LogP contribution in [0.3, 0.4) is 0 Å². The van der Waals surface area contributed by atoms with Crippen LogP contribution >= 0.6 is 11.6 Å². The van der Waals surface area contributed by atoms with Crippen molar-refractivity contribution in [3.8, 4) is 0 Å². The number of hydrogen-bond donors (Lipinski definition) is 4. The summed E-state index contributed by atoms with van der Waals surface area (Å²) in [6.45, 7) is 1.40. The van der Waals surface area contributed by atoms with Crippen LogP contribution in [-0.4, -0.2) is 17.8 Å². The zero-order valence-corrected chi connectivity index (χ0v) is 18.1. The maximum absolute atomic E-state index is 12.5. The lowest BCUT2D eigenvalue weighted by atomic mass is 10.0. The minimum atomic E-state index is -0.479. The highest BCUT2D eigenvalue weighted by molar-refractivity contribution is 6.30. The zero-order valence-electron chi connectivity index (χ0n) is 17.4. The highest BCUT2D eigenvalue weighted by atomic mass is 35.5. The van der Waals surface area contributed by atoms with Gasteiger partial charge in [0.2, 0.25) is 11.8 Å². The minimum absolute atomic E-state index is 0.0562. The number of nitrogens with one attached hydrogen (secondary N) is 4. The van der Waals surface area contributed by atoms with Gasteiger partial charge in [-0.1, -0.05) is 41.9 Å². The molecule has 0 aliphatic carbocycles. The Balaban J connectivity index is 1.56. The van der Waals surface area contributed by atoms with Gasteiger partial charge in [-0.15, -0.1) is 0 Å². The van der Waals surface area contributed by atoms with Gasteiger partial charge in [0.25, 0.3) is 0 Å². The van der Waals surface area contributed by atoms with Gasteiger partial charge in [0.15, 0.2) is 0 Å². The molecule has 0 fully saturated rings. The molecule has 0 bridgehead atoms. The van der Waals surface area contributed by atoms with E-state index in [4.69, 9.17) is 11.6 Å². The smallest absolute Gasteiger partial charge is 0.323 e. The molecule has 8 heteroatoms. The maximum Gasteiger partial charge on any atom is 0.323 e. The second-order valence-electron chi connectivity index (χ2n) is 7.08. The molecule has 1 unspecified atom stereocenters. The fraction of sp³-hybridized carbons (Fsp3) is 0.125. The summed E-state index contributed by atoms with van der Waals surface area (Å²) in [7, 11) is 0. The molecule has 3 rings (SSSR count). The molecule has 4 N–H and O–H groups in total. The molecule has 4 amide bonds.